The number of rotatable bonds is 7. The lowest BCUT2D eigenvalue weighted by atomic mass is 10.1. The van der Waals surface area contributed by atoms with Crippen LogP contribution in [0.15, 0.2) is 90.1 Å². The Bertz CT molecular complexity index is 1190. The van der Waals surface area contributed by atoms with Gasteiger partial charge in [-0.3, -0.25) is 9.36 Å². The Morgan fingerprint density at radius 2 is 1.53 bits per heavy atom. The van der Waals surface area contributed by atoms with Crippen molar-refractivity contribution in [3.8, 4) is 22.8 Å². The topological polar surface area (TPSA) is 60.3 Å². The lowest BCUT2D eigenvalue weighted by molar-refractivity contribution is -0.128. The van der Waals surface area contributed by atoms with Crippen molar-refractivity contribution in [3.05, 3.63) is 90.5 Å². The Morgan fingerprint density at radius 1 is 0.906 bits per heavy atom. The van der Waals surface area contributed by atoms with Gasteiger partial charge in [-0.1, -0.05) is 72.4 Å². The molecular formula is C25H24N4O2S. The molecule has 32 heavy (non-hydrogen) atoms. The second-order valence-corrected chi connectivity index (χ2v) is 8.39. The molecule has 0 radical (unpaired) electrons. The summed E-state index contributed by atoms with van der Waals surface area (Å²) in [6.45, 7) is 0. The highest BCUT2D eigenvalue weighted by Gasteiger charge is 2.28. The minimum atomic E-state index is -0.455. The summed E-state index contributed by atoms with van der Waals surface area (Å²) < 4.78 is 7.54. The van der Waals surface area contributed by atoms with E-state index in [1.54, 1.807) is 26.1 Å². The van der Waals surface area contributed by atoms with E-state index >= 15 is 0 Å². The summed E-state index contributed by atoms with van der Waals surface area (Å²) in [6, 6.07) is 27.3. The molecule has 3 aromatic carbocycles. The van der Waals surface area contributed by atoms with Crippen molar-refractivity contribution in [3.63, 3.8) is 0 Å². The Balaban J connectivity index is 1.85. The number of carbonyl (C=O) groups is 1. The zero-order chi connectivity index (χ0) is 22.5. The maximum Gasteiger partial charge on any atom is 0.240 e. The molecular weight excluding hydrogens is 420 g/mol. The first kappa shape index (κ1) is 21.6. The van der Waals surface area contributed by atoms with Gasteiger partial charge in [0.2, 0.25) is 5.91 Å². The van der Waals surface area contributed by atoms with E-state index in [-0.39, 0.29) is 5.91 Å². The molecule has 0 aliphatic heterocycles. The van der Waals surface area contributed by atoms with Gasteiger partial charge in [-0.05, 0) is 29.8 Å². The average Bonchev–Trinajstić information content (AvgIpc) is 3.26. The molecule has 1 aromatic heterocycles. The first-order valence-corrected chi connectivity index (χ1v) is 11.0. The van der Waals surface area contributed by atoms with E-state index < -0.39 is 5.25 Å². The quantitative estimate of drug-likeness (QED) is 0.381. The van der Waals surface area contributed by atoms with Crippen LogP contribution in [0.3, 0.4) is 0 Å². The van der Waals surface area contributed by atoms with Gasteiger partial charge in [0.15, 0.2) is 11.0 Å². The second kappa shape index (κ2) is 9.70. The van der Waals surface area contributed by atoms with Gasteiger partial charge in [0.25, 0.3) is 0 Å². The first-order chi connectivity index (χ1) is 15.6. The van der Waals surface area contributed by atoms with Gasteiger partial charge in [-0.2, -0.15) is 0 Å². The van der Waals surface area contributed by atoms with Crippen LogP contribution in [0, 0.1) is 0 Å². The SMILES string of the molecule is COc1ccccc1-c1nnc(SC(C(=O)N(C)C)c2ccccc2)n1-c1ccccc1. The summed E-state index contributed by atoms with van der Waals surface area (Å²) in [4.78, 5) is 14.7. The minimum absolute atomic E-state index is 0.0114. The van der Waals surface area contributed by atoms with Crippen molar-refractivity contribution in [2.45, 2.75) is 10.4 Å². The van der Waals surface area contributed by atoms with E-state index in [9.17, 15) is 4.79 Å². The van der Waals surface area contributed by atoms with Crippen LogP contribution in [0.4, 0.5) is 0 Å². The van der Waals surface area contributed by atoms with Gasteiger partial charge >= 0.3 is 0 Å². The van der Waals surface area contributed by atoms with Gasteiger partial charge in [0, 0.05) is 19.8 Å². The van der Waals surface area contributed by atoms with Crippen molar-refractivity contribution in [2.24, 2.45) is 0 Å². The van der Waals surface area contributed by atoms with Crippen molar-refractivity contribution < 1.29 is 9.53 Å². The summed E-state index contributed by atoms with van der Waals surface area (Å²) in [5.74, 6) is 1.35. The number of hydrogen-bond donors (Lipinski definition) is 0. The standard InChI is InChI=1S/C25H24N4O2S/c1-28(2)24(30)22(18-12-6-4-7-13-18)32-25-27-26-23(20-16-10-11-17-21(20)31-3)29(25)19-14-8-5-9-15-19/h4-17,22H,1-3H3. The molecule has 0 saturated carbocycles. The highest BCUT2D eigenvalue weighted by atomic mass is 32.2. The van der Waals surface area contributed by atoms with Crippen LogP contribution in [0.5, 0.6) is 5.75 Å². The largest absolute Gasteiger partial charge is 0.496 e. The van der Waals surface area contributed by atoms with Crippen LogP contribution >= 0.6 is 11.8 Å². The zero-order valence-electron chi connectivity index (χ0n) is 18.2. The summed E-state index contributed by atoms with van der Waals surface area (Å²) in [6.07, 6.45) is 0. The molecule has 0 saturated heterocycles. The zero-order valence-corrected chi connectivity index (χ0v) is 19.0. The molecule has 0 bridgehead atoms. The number of para-hydroxylation sites is 2. The molecule has 6 nitrogen and oxygen atoms in total. The monoisotopic (exact) mass is 444 g/mol. The predicted octanol–water partition coefficient (Wildman–Crippen LogP) is 4.86. The van der Waals surface area contributed by atoms with Gasteiger partial charge in [0.05, 0.1) is 12.7 Å². The van der Waals surface area contributed by atoms with E-state index in [1.807, 2.05) is 89.5 Å². The summed E-state index contributed by atoms with van der Waals surface area (Å²) in [5, 5.41) is 9.18. The molecule has 1 unspecified atom stereocenters. The highest BCUT2D eigenvalue weighted by molar-refractivity contribution is 8.00. The third-order valence-corrected chi connectivity index (χ3v) is 6.17. The average molecular weight is 445 g/mol. The number of hydrogen-bond acceptors (Lipinski definition) is 5. The molecule has 0 aliphatic rings. The van der Waals surface area contributed by atoms with Crippen LogP contribution in [-0.4, -0.2) is 46.8 Å². The number of methoxy groups -OCH3 is 1. The highest BCUT2D eigenvalue weighted by Crippen LogP contribution is 2.39. The van der Waals surface area contributed by atoms with Crippen LogP contribution in [-0.2, 0) is 4.79 Å². The maximum absolute atomic E-state index is 13.1. The number of amides is 1. The van der Waals surface area contributed by atoms with Crippen LogP contribution in [0.2, 0.25) is 0 Å². The Morgan fingerprint density at radius 3 is 2.19 bits per heavy atom. The van der Waals surface area contributed by atoms with Crippen molar-refractivity contribution >= 4 is 17.7 Å². The summed E-state index contributed by atoms with van der Waals surface area (Å²) in [5.41, 5.74) is 2.65. The predicted molar refractivity (Wildman–Crippen MR) is 127 cm³/mol. The Kier molecular flexibility index (Phi) is 6.56. The molecule has 1 heterocycles. The summed E-state index contributed by atoms with van der Waals surface area (Å²) in [7, 11) is 5.17. The molecule has 4 rings (SSSR count). The normalized spacial score (nSPS) is 11.7. The van der Waals surface area contributed by atoms with E-state index in [1.165, 1.54) is 11.8 Å². The molecule has 0 aliphatic carbocycles. The maximum atomic E-state index is 13.1. The number of benzene rings is 3. The third kappa shape index (κ3) is 4.38. The number of likely N-dealkylation sites (N-methyl/N-ethyl adjacent to an activating group) is 1. The molecule has 4 aromatic rings. The Hall–Kier alpha value is -3.58. The Labute approximate surface area is 191 Å². The molecule has 0 N–H and O–H groups in total. The van der Waals surface area contributed by atoms with Crippen molar-refractivity contribution in [1.29, 1.82) is 0 Å². The number of aromatic nitrogens is 3. The lowest BCUT2D eigenvalue weighted by Crippen LogP contribution is -2.27. The molecule has 0 spiro atoms. The first-order valence-electron chi connectivity index (χ1n) is 10.2. The lowest BCUT2D eigenvalue weighted by Gasteiger charge is -2.20. The fourth-order valence-electron chi connectivity index (χ4n) is 3.39. The number of nitrogens with zero attached hydrogens (tertiary/aromatic N) is 4. The van der Waals surface area contributed by atoms with Crippen LogP contribution in [0.1, 0.15) is 10.8 Å². The fourth-order valence-corrected chi connectivity index (χ4v) is 4.59. The van der Waals surface area contributed by atoms with E-state index in [2.05, 4.69) is 10.2 Å². The number of carbonyl (C=O) groups excluding carboxylic acids is 1. The second-order valence-electron chi connectivity index (χ2n) is 7.32. The molecule has 1 atom stereocenters. The fraction of sp³-hybridized carbons (Fsp3) is 0.160. The van der Waals surface area contributed by atoms with Gasteiger partial charge in [-0.25, -0.2) is 0 Å². The van der Waals surface area contributed by atoms with Crippen molar-refractivity contribution in [2.75, 3.05) is 21.2 Å². The molecule has 1 amide bonds. The van der Waals surface area contributed by atoms with Crippen molar-refractivity contribution in [1.82, 2.24) is 19.7 Å². The molecule has 0 fully saturated rings. The van der Waals surface area contributed by atoms with Crippen LogP contribution < -0.4 is 4.74 Å². The molecule has 162 valence electrons. The minimum Gasteiger partial charge on any atom is -0.496 e. The van der Waals surface area contributed by atoms with Gasteiger partial charge in [0.1, 0.15) is 11.0 Å². The number of ether oxygens (including phenoxy) is 1. The van der Waals surface area contributed by atoms with Gasteiger partial charge < -0.3 is 9.64 Å². The summed E-state index contributed by atoms with van der Waals surface area (Å²) >= 11 is 1.39. The van der Waals surface area contributed by atoms with Gasteiger partial charge in [-0.15, -0.1) is 10.2 Å². The third-order valence-electron chi connectivity index (χ3n) is 4.99. The molecule has 7 heteroatoms. The van der Waals surface area contributed by atoms with Crippen LogP contribution in [0.25, 0.3) is 17.1 Å². The van der Waals surface area contributed by atoms with E-state index in [0.29, 0.717) is 16.7 Å². The number of thioether (sulfide) groups is 1. The van der Waals surface area contributed by atoms with E-state index in [4.69, 9.17) is 4.74 Å². The van der Waals surface area contributed by atoms with E-state index in [0.717, 1.165) is 16.8 Å². The smallest absolute Gasteiger partial charge is 0.240 e.